The number of hydrogen-bond acceptors (Lipinski definition) is 5. The molecule has 9 heteroatoms. The van der Waals surface area contributed by atoms with Crippen molar-refractivity contribution in [3.8, 4) is 0 Å². The van der Waals surface area contributed by atoms with Gasteiger partial charge in [0.05, 0.1) is 0 Å². The van der Waals surface area contributed by atoms with E-state index < -0.39 is 11.6 Å². The minimum atomic E-state index is -0.672. The molecule has 144 valence electrons. The number of tetrazole rings is 1. The molecule has 0 aliphatic heterocycles. The van der Waals surface area contributed by atoms with Crippen molar-refractivity contribution in [2.24, 2.45) is 5.73 Å². The molecule has 1 aromatic heterocycles. The largest absolute Gasteiger partial charge is 0.352 e. The van der Waals surface area contributed by atoms with E-state index in [0.717, 1.165) is 12.8 Å². The van der Waals surface area contributed by atoms with Crippen LogP contribution < -0.4 is 11.1 Å². The predicted molar refractivity (Wildman–Crippen MR) is 99.5 cm³/mol. The zero-order valence-corrected chi connectivity index (χ0v) is 16.1. The molecule has 1 atom stereocenters. The fourth-order valence-electron chi connectivity index (χ4n) is 2.58. The van der Waals surface area contributed by atoms with Gasteiger partial charge in [0.1, 0.15) is 17.7 Å². The Kier molecular flexibility index (Phi) is 8.10. The molecule has 0 bridgehead atoms. The monoisotopic (exact) mass is 384 g/mol. The van der Waals surface area contributed by atoms with Crippen molar-refractivity contribution in [3.63, 3.8) is 0 Å². The van der Waals surface area contributed by atoms with Crippen LogP contribution in [-0.4, -0.2) is 38.2 Å². The third-order valence-corrected chi connectivity index (χ3v) is 4.60. The maximum atomic E-state index is 13.5. The number of benzene rings is 1. The van der Waals surface area contributed by atoms with Gasteiger partial charge in [0, 0.05) is 18.5 Å². The minimum absolute atomic E-state index is 0. The van der Waals surface area contributed by atoms with Crippen molar-refractivity contribution >= 4 is 18.3 Å². The van der Waals surface area contributed by atoms with Crippen LogP contribution in [0.2, 0.25) is 0 Å². The van der Waals surface area contributed by atoms with E-state index in [1.54, 1.807) is 19.1 Å². The van der Waals surface area contributed by atoms with Crippen LogP contribution in [0.1, 0.15) is 44.1 Å². The molecule has 0 fully saturated rings. The summed E-state index contributed by atoms with van der Waals surface area (Å²) in [5, 5.41) is 14.3. The van der Waals surface area contributed by atoms with Gasteiger partial charge < -0.3 is 11.1 Å². The van der Waals surface area contributed by atoms with Gasteiger partial charge in [0.15, 0.2) is 0 Å². The first-order valence-corrected chi connectivity index (χ1v) is 8.44. The highest BCUT2D eigenvalue weighted by atomic mass is 35.5. The molecule has 0 spiro atoms. The topological polar surface area (TPSA) is 98.7 Å². The zero-order chi connectivity index (χ0) is 18.4. The van der Waals surface area contributed by atoms with Crippen LogP contribution in [-0.2, 0) is 11.2 Å². The minimum Gasteiger partial charge on any atom is -0.352 e. The second-order valence-corrected chi connectivity index (χ2v) is 6.31. The Hall–Kier alpha value is -2.06. The van der Waals surface area contributed by atoms with Crippen molar-refractivity contribution in [2.45, 2.75) is 51.6 Å². The summed E-state index contributed by atoms with van der Waals surface area (Å²) >= 11 is 0. The van der Waals surface area contributed by atoms with Crippen molar-refractivity contribution in [1.29, 1.82) is 0 Å². The molecule has 7 nitrogen and oxygen atoms in total. The lowest BCUT2D eigenvalue weighted by atomic mass is 9.94. The summed E-state index contributed by atoms with van der Waals surface area (Å²) in [6.07, 6.45) is 1.79. The van der Waals surface area contributed by atoms with Crippen molar-refractivity contribution in [3.05, 3.63) is 41.5 Å². The Bertz CT molecular complexity index is 719. The molecule has 3 N–H and O–H groups in total. The Balaban J connectivity index is 0.00000338. The van der Waals surface area contributed by atoms with E-state index in [1.807, 2.05) is 13.8 Å². The van der Waals surface area contributed by atoms with E-state index in [1.165, 1.54) is 16.8 Å². The van der Waals surface area contributed by atoms with Crippen LogP contribution in [0.4, 0.5) is 4.39 Å². The van der Waals surface area contributed by atoms with Crippen LogP contribution in [0.3, 0.4) is 0 Å². The van der Waals surface area contributed by atoms with Crippen LogP contribution in [0.5, 0.6) is 0 Å². The predicted octanol–water partition coefficient (Wildman–Crippen LogP) is 1.96. The number of amides is 1. The molecule has 26 heavy (non-hydrogen) atoms. The number of nitrogens with one attached hydrogen (secondary N) is 1. The fourth-order valence-corrected chi connectivity index (χ4v) is 2.58. The molecule has 0 saturated heterocycles. The average molecular weight is 385 g/mol. The van der Waals surface area contributed by atoms with Gasteiger partial charge in [-0.3, -0.25) is 4.79 Å². The summed E-state index contributed by atoms with van der Waals surface area (Å²) in [6, 6.07) is 5.49. The number of aryl methyl sites for hydroxylation is 1. The third-order valence-electron chi connectivity index (χ3n) is 4.60. The SMILES string of the molecule is CCC(N)(CC)CNC(=O)C(Cc1cccc(F)c1)n1nnnc1C.Cl. The lowest BCUT2D eigenvalue weighted by molar-refractivity contribution is -0.125. The quantitative estimate of drug-likeness (QED) is 0.724. The second-order valence-electron chi connectivity index (χ2n) is 6.31. The molecule has 0 saturated carbocycles. The lowest BCUT2D eigenvalue weighted by Crippen LogP contribution is -2.50. The summed E-state index contributed by atoms with van der Waals surface area (Å²) in [4.78, 5) is 12.8. The smallest absolute Gasteiger partial charge is 0.245 e. The zero-order valence-electron chi connectivity index (χ0n) is 15.3. The van der Waals surface area contributed by atoms with Gasteiger partial charge in [-0.1, -0.05) is 26.0 Å². The Morgan fingerprint density at radius 3 is 2.62 bits per heavy atom. The average Bonchev–Trinajstić information content (AvgIpc) is 3.03. The van der Waals surface area contributed by atoms with Crippen LogP contribution in [0, 0.1) is 12.7 Å². The third kappa shape index (κ3) is 5.47. The van der Waals surface area contributed by atoms with Crippen LogP contribution in [0.15, 0.2) is 24.3 Å². The molecule has 0 aliphatic carbocycles. The summed E-state index contributed by atoms with van der Waals surface area (Å²) in [5.74, 6) is -0.0685. The van der Waals surface area contributed by atoms with E-state index in [0.29, 0.717) is 17.9 Å². The maximum Gasteiger partial charge on any atom is 0.245 e. The van der Waals surface area contributed by atoms with Gasteiger partial charge in [0.25, 0.3) is 0 Å². The Morgan fingerprint density at radius 2 is 2.08 bits per heavy atom. The van der Waals surface area contributed by atoms with Crippen molar-refractivity contribution in [1.82, 2.24) is 25.5 Å². The number of halogens is 2. The van der Waals surface area contributed by atoms with E-state index in [9.17, 15) is 9.18 Å². The van der Waals surface area contributed by atoms with E-state index in [2.05, 4.69) is 20.8 Å². The second kappa shape index (κ2) is 9.59. The fraction of sp³-hybridized carbons (Fsp3) is 0.529. The molecule has 1 amide bonds. The summed E-state index contributed by atoms with van der Waals surface area (Å²) in [7, 11) is 0. The van der Waals surface area contributed by atoms with Gasteiger partial charge in [-0.15, -0.1) is 17.5 Å². The van der Waals surface area contributed by atoms with E-state index in [-0.39, 0.29) is 30.6 Å². The molecule has 0 aliphatic rings. The molecule has 1 aromatic carbocycles. The summed E-state index contributed by atoms with van der Waals surface area (Å²) in [5.41, 5.74) is 6.50. The van der Waals surface area contributed by atoms with Crippen molar-refractivity contribution < 1.29 is 9.18 Å². The maximum absolute atomic E-state index is 13.5. The van der Waals surface area contributed by atoms with Crippen LogP contribution in [0.25, 0.3) is 0 Å². The van der Waals surface area contributed by atoms with Gasteiger partial charge in [-0.2, -0.15) is 0 Å². The van der Waals surface area contributed by atoms with Crippen molar-refractivity contribution in [2.75, 3.05) is 6.54 Å². The first-order valence-electron chi connectivity index (χ1n) is 8.44. The number of carbonyl (C=O) groups is 1. The molecule has 2 aromatic rings. The first-order chi connectivity index (χ1) is 11.9. The highest BCUT2D eigenvalue weighted by molar-refractivity contribution is 5.85. The summed E-state index contributed by atoms with van der Waals surface area (Å²) < 4.78 is 14.9. The van der Waals surface area contributed by atoms with Gasteiger partial charge in [-0.25, -0.2) is 9.07 Å². The lowest BCUT2D eigenvalue weighted by Gasteiger charge is -2.28. The molecule has 1 unspecified atom stereocenters. The Morgan fingerprint density at radius 1 is 1.38 bits per heavy atom. The number of nitrogens with zero attached hydrogens (tertiary/aromatic N) is 4. The molecule has 0 radical (unpaired) electrons. The summed E-state index contributed by atoms with van der Waals surface area (Å²) in [6.45, 7) is 6.06. The highest BCUT2D eigenvalue weighted by Crippen LogP contribution is 2.17. The Labute approximate surface area is 158 Å². The highest BCUT2D eigenvalue weighted by Gasteiger charge is 2.27. The van der Waals surface area contributed by atoms with Crippen LogP contribution >= 0.6 is 12.4 Å². The molecular formula is C17H26ClFN6O. The van der Waals surface area contributed by atoms with Gasteiger partial charge in [0.2, 0.25) is 5.91 Å². The number of rotatable bonds is 8. The van der Waals surface area contributed by atoms with Gasteiger partial charge >= 0.3 is 0 Å². The number of carbonyl (C=O) groups excluding carboxylic acids is 1. The number of aromatic nitrogens is 4. The first kappa shape index (κ1) is 22.0. The van der Waals surface area contributed by atoms with E-state index >= 15 is 0 Å². The standard InChI is InChI=1S/C17H25FN6O.ClH/c1-4-17(19,5-2)11-20-16(25)15(24-12(3)21-22-23-24)10-13-7-6-8-14(18)9-13;/h6-9,15H,4-5,10-11,19H2,1-3H3,(H,20,25);1H. The molecular weight excluding hydrogens is 359 g/mol. The molecule has 1 heterocycles. The molecule has 2 rings (SSSR count). The normalized spacial score (nSPS) is 12.3. The van der Waals surface area contributed by atoms with E-state index in [4.69, 9.17) is 5.73 Å². The number of hydrogen-bond donors (Lipinski definition) is 2. The number of nitrogens with two attached hydrogens (primary N) is 1. The van der Waals surface area contributed by atoms with Gasteiger partial charge in [-0.05, 0) is 47.9 Å².